The van der Waals surface area contributed by atoms with Crippen LogP contribution in [0.3, 0.4) is 0 Å². The molecule has 9 heteroatoms. The van der Waals surface area contributed by atoms with E-state index in [1.807, 2.05) is 6.92 Å². The van der Waals surface area contributed by atoms with Crippen LogP contribution in [0.15, 0.2) is 58.7 Å². The van der Waals surface area contributed by atoms with Crippen molar-refractivity contribution in [2.75, 3.05) is 6.61 Å². The second-order valence-electron chi connectivity index (χ2n) is 6.68. The van der Waals surface area contributed by atoms with Gasteiger partial charge in [-0.25, -0.2) is 0 Å². The molecular formula is C21H28N2O5PS+. The highest BCUT2D eigenvalue weighted by Crippen LogP contribution is 2.33. The summed E-state index contributed by atoms with van der Waals surface area (Å²) >= 11 is 0. The Morgan fingerprint density at radius 2 is 1.83 bits per heavy atom. The molecule has 0 radical (unpaired) electrons. The Hall–Kier alpha value is -2.25. The van der Waals surface area contributed by atoms with E-state index in [1.54, 1.807) is 36.4 Å². The van der Waals surface area contributed by atoms with E-state index in [4.69, 9.17) is 10.5 Å². The van der Waals surface area contributed by atoms with Gasteiger partial charge in [0, 0.05) is 12.2 Å². The first-order valence-corrected chi connectivity index (χ1v) is 11.3. The second-order valence-corrected chi connectivity index (χ2v) is 9.35. The van der Waals surface area contributed by atoms with Gasteiger partial charge in [-0.3, -0.25) is 5.73 Å². The zero-order chi connectivity index (χ0) is 22.5. The number of hydrogen-bond donors (Lipinski definition) is 3. The SMILES string of the molecule is CCOCc1cc(CO)ccc1-c1ccccc1S(=O)(=O)[N+](P)=C(N)/C(C)=C(/C)O. The van der Waals surface area contributed by atoms with Crippen LogP contribution in [-0.4, -0.2) is 34.8 Å². The summed E-state index contributed by atoms with van der Waals surface area (Å²) < 4.78 is 33.2. The summed E-state index contributed by atoms with van der Waals surface area (Å²) in [5.41, 5.74) is 8.88. The van der Waals surface area contributed by atoms with Crippen molar-refractivity contribution in [2.24, 2.45) is 5.73 Å². The van der Waals surface area contributed by atoms with Gasteiger partial charge in [0.05, 0.1) is 28.2 Å². The van der Waals surface area contributed by atoms with E-state index in [9.17, 15) is 18.6 Å². The van der Waals surface area contributed by atoms with E-state index in [2.05, 4.69) is 9.39 Å². The second kappa shape index (κ2) is 10.2. The van der Waals surface area contributed by atoms with Crippen molar-refractivity contribution in [3.63, 3.8) is 0 Å². The Balaban J connectivity index is 2.73. The average molecular weight is 452 g/mol. The van der Waals surface area contributed by atoms with Gasteiger partial charge in [-0.15, -0.1) is 3.75 Å². The molecule has 2 aromatic carbocycles. The molecule has 0 saturated heterocycles. The average Bonchev–Trinajstić information content (AvgIpc) is 2.75. The number of benzene rings is 2. The summed E-state index contributed by atoms with van der Waals surface area (Å²) in [6, 6.07) is 11.9. The number of amidine groups is 1. The standard InChI is InChI=1S/C21H27N2O5PS/c1-4-28-13-17-11-16(12-24)9-10-18(17)19-7-5-6-8-20(19)30(26,27)23(29)21(22)14(2)15(3)25/h5-11,24H,4,12-13,29H2,1-3H3,(H2,22,25)/p+1. The smallest absolute Gasteiger partial charge is 0.333 e. The third-order valence-corrected chi connectivity index (χ3v) is 7.43. The maximum absolute atomic E-state index is 13.4. The molecule has 2 rings (SSSR count). The number of nitrogens with zero attached hydrogens (tertiary/aromatic N) is 1. The molecule has 0 fully saturated rings. The van der Waals surface area contributed by atoms with Crippen LogP contribution in [0, 0.1) is 0 Å². The predicted molar refractivity (Wildman–Crippen MR) is 120 cm³/mol. The molecule has 1 unspecified atom stereocenters. The first-order valence-electron chi connectivity index (χ1n) is 9.34. The molecule has 162 valence electrons. The third kappa shape index (κ3) is 5.08. The molecule has 0 amide bonds. The zero-order valence-electron chi connectivity index (χ0n) is 17.3. The Bertz CT molecular complexity index is 1090. The van der Waals surface area contributed by atoms with Crippen molar-refractivity contribution in [1.82, 2.24) is 0 Å². The summed E-state index contributed by atoms with van der Waals surface area (Å²) in [5, 5.41) is 19.2. The Labute approximate surface area is 179 Å². The van der Waals surface area contributed by atoms with Crippen LogP contribution in [0.25, 0.3) is 11.1 Å². The molecule has 0 heterocycles. The Morgan fingerprint density at radius 3 is 2.43 bits per heavy atom. The maximum Gasteiger partial charge on any atom is 0.333 e. The lowest BCUT2D eigenvalue weighted by Crippen LogP contribution is -2.28. The van der Waals surface area contributed by atoms with E-state index in [0.29, 0.717) is 23.3 Å². The highest BCUT2D eigenvalue weighted by molar-refractivity contribution is 7.87. The number of nitrogens with two attached hydrogens (primary N) is 1. The first-order chi connectivity index (χ1) is 14.1. The first kappa shape index (κ1) is 24.0. The molecule has 0 aliphatic carbocycles. The number of rotatable bonds is 8. The van der Waals surface area contributed by atoms with E-state index < -0.39 is 10.0 Å². The summed E-state index contributed by atoms with van der Waals surface area (Å²) in [5.74, 6) is -0.165. The van der Waals surface area contributed by atoms with Gasteiger partial charge in [0.2, 0.25) is 0 Å². The molecule has 0 aromatic heterocycles. The molecule has 2 aromatic rings. The van der Waals surface area contributed by atoms with E-state index in [-0.39, 0.29) is 35.3 Å². The number of sulfonamides is 1. The zero-order valence-corrected chi connectivity index (χ0v) is 19.3. The van der Waals surface area contributed by atoms with Crippen LogP contribution in [0.5, 0.6) is 0 Å². The van der Waals surface area contributed by atoms with Crippen molar-refractivity contribution in [3.8, 4) is 11.1 Å². The van der Waals surface area contributed by atoms with Gasteiger partial charge >= 0.3 is 10.0 Å². The molecule has 0 bridgehead atoms. The number of aliphatic hydroxyl groups excluding tert-OH is 2. The summed E-state index contributed by atoms with van der Waals surface area (Å²) in [7, 11) is -1.95. The van der Waals surface area contributed by atoms with Crippen molar-refractivity contribution >= 4 is 25.2 Å². The molecule has 0 spiro atoms. The van der Waals surface area contributed by atoms with Crippen molar-refractivity contribution in [1.29, 1.82) is 0 Å². The Kier molecular flexibility index (Phi) is 8.15. The van der Waals surface area contributed by atoms with Crippen LogP contribution >= 0.6 is 9.39 Å². The third-order valence-electron chi connectivity index (χ3n) is 4.69. The lowest BCUT2D eigenvalue weighted by molar-refractivity contribution is -0.158. The number of ether oxygens (including phenoxy) is 1. The lowest BCUT2D eigenvalue weighted by atomic mass is 9.98. The van der Waals surface area contributed by atoms with Crippen LogP contribution in [0.2, 0.25) is 0 Å². The van der Waals surface area contributed by atoms with Crippen molar-refractivity contribution in [3.05, 3.63) is 64.9 Å². The molecular weight excluding hydrogens is 423 g/mol. The minimum Gasteiger partial charge on any atom is -0.512 e. The van der Waals surface area contributed by atoms with Gasteiger partial charge in [-0.05, 0) is 43.5 Å². The fourth-order valence-corrected chi connectivity index (χ4v) is 4.69. The molecule has 0 aliphatic heterocycles. The number of allylic oxidation sites excluding steroid dienone is 1. The van der Waals surface area contributed by atoms with Crippen molar-refractivity contribution < 1.29 is 27.1 Å². The highest BCUT2D eigenvalue weighted by Gasteiger charge is 2.28. The summed E-state index contributed by atoms with van der Waals surface area (Å²) in [4.78, 5) is 0.0563. The minimum atomic E-state index is -4.05. The Morgan fingerprint density at radius 1 is 1.17 bits per heavy atom. The molecule has 4 N–H and O–H groups in total. The minimum absolute atomic E-state index is 0.0563. The quantitative estimate of drug-likeness (QED) is 0.246. The highest BCUT2D eigenvalue weighted by atomic mass is 32.2. The normalized spacial score (nSPS) is 13.6. The predicted octanol–water partition coefficient (Wildman–Crippen LogP) is 3.08. The van der Waals surface area contributed by atoms with Gasteiger partial charge in [-0.1, -0.05) is 36.4 Å². The number of aliphatic hydroxyl groups is 2. The van der Waals surface area contributed by atoms with Gasteiger partial charge in [-0.2, -0.15) is 8.42 Å². The maximum atomic E-state index is 13.4. The van der Waals surface area contributed by atoms with Gasteiger partial charge in [0.25, 0.3) is 5.84 Å². The van der Waals surface area contributed by atoms with Crippen molar-refractivity contribution in [2.45, 2.75) is 38.9 Å². The van der Waals surface area contributed by atoms with Gasteiger partial charge in [0.15, 0.2) is 0 Å². The molecule has 30 heavy (non-hydrogen) atoms. The number of hydrogen-bond acceptors (Lipinski definition) is 5. The monoisotopic (exact) mass is 451 g/mol. The van der Waals surface area contributed by atoms with E-state index in [0.717, 1.165) is 9.31 Å². The summed E-state index contributed by atoms with van der Waals surface area (Å²) in [6.07, 6.45) is 0. The van der Waals surface area contributed by atoms with Crippen LogP contribution in [0.4, 0.5) is 0 Å². The van der Waals surface area contributed by atoms with Crippen LogP contribution in [0.1, 0.15) is 31.9 Å². The van der Waals surface area contributed by atoms with Gasteiger partial charge < -0.3 is 14.9 Å². The van der Waals surface area contributed by atoms with Crippen LogP contribution < -0.4 is 5.73 Å². The largest absolute Gasteiger partial charge is 0.512 e. The molecule has 1 atom stereocenters. The van der Waals surface area contributed by atoms with Crippen LogP contribution in [-0.2, 0) is 28.0 Å². The van der Waals surface area contributed by atoms with Gasteiger partial charge in [0.1, 0.15) is 10.7 Å². The molecule has 0 aliphatic rings. The van der Waals surface area contributed by atoms with E-state index in [1.165, 1.54) is 19.9 Å². The van der Waals surface area contributed by atoms with E-state index >= 15 is 0 Å². The molecule has 0 saturated carbocycles. The fraction of sp³-hybridized carbons (Fsp3) is 0.286. The summed E-state index contributed by atoms with van der Waals surface area (Å²) in [6.45, 7) is 5.49. The molecule has 7 nitrogen and oxygen atoms in total. The topological polar surface area (TPSA) is 113 Å². The lowest BCUT2D eigenvalue weighted by Gasteiger charge is -2.15. The fourth-order valence-electron chi connectivity index (χ4n) is 2.84.